The molecule has 0 aromatic heterocycles. The van der Waals surface area contributed by atoms with Gasteiger partial charge in [0.15, 0.2) is 12.6 Å². The monoisotopic (exact) mass is 268 g/mol. The van der Waals surface area contributed by atoms with Crippen molar-refractivity contribution in [1.82, 2.24) is 0 Å². The van der Waals surface area contributed by atoms with E-state index in [1.54, 1.807) is 36.4 Å². The summed E-state index contributed by atoms with van der Waals surface area (Å²) >= 11 is 0. The fraction of sp³-hybridized carbons (Fsp3) is 0. The molecule has 0 amide bonds. The highest BCUT2D eigenvalue weighted by Gasteiger charge is 2.10. The molecule has 2 aromatic rings. The van der Waals surface area contributed by atoms with Gasteiger partial charge in [-0.3, -0.25) is 9.59 Å². The molecule has 100 valence electrons. The third kappa shape index (κ3) is 2.19. The second-order valence-corrected chi connectivity index (χ2v) is 4.11. The summed E-state index contributed by atoms with van der Waals surface area (Å²) in [5, 5.41) is 19.3. The maximum Gasteiger partial charge on any atom is 0.151 e. The Morgan fingerprint density at radius 2 is 1.50 bits per heavy atom. The molecular formula is C16H12O4. The van der Waals surface area contributed by atoms with Crippen molar-refractivity contribution in [3.05, 3.63) is 58.0 Å². The maximum absolute atomic E-state index is 11.2. The fourth-order valence-electron chi connectivity index (χ4n) is 2.13. The number of rotatable bonds is 3. The molecule has 4 heteroatoms. The van der Waals surface area contributed by atoms with Gasteiger partial charge >= 0.3 is 0 Å². The Kier molecular flexibility index (Phi) is 3.96. The molecule has 20 heavy (non-hydrogen) atoms. The van der Waals surface area contributed by atoms with Crippen LogP contribution >= 0.6 is 0 Å². The molecule has 0 heterocycles. The molecule has 0 fully saturated rings. The van der Waals surface area contributed by atoms with Crippen LogP contribution in [0, 0.1) is 0 Å². The molecule has 0 spiro atoms. The summed E-state index contributed by atoms with van der Waals surface area (Å²) in [7, 11) is 0. The number of aldehydes is 2. The Bertz CT molecular complexity index is 776. The van der Waals surface area contributed by atoms with Gasteiger partial charge in [0.25, 0.3) is 0 Å². The van der Waals surface area contributed by atoms with Gasteiger partial charge in [-0.05, 0) is 11.1 Å². The lowest BCUT2D eigenvalue weighted by Gasteiger charge is -2.08. The van der Waals surface area contributed by atoms with Gasteiger partial charge in [0, 0.05) is 21.6 Å². The second-order valence-electron chi connectivity index (χ2n) is 4.11. The Hall–Kier alpha value is -2.88. The van der Waals surface area contributed by atoms with E-state index in [9.17, 15) is 14.7 Å². The molecule has 0 saturated heterocycles. The molecule has 0 radical (unpaired) electrons. The summed E-state index contributed by atoms with van der Waals surface area (Å²) < 4.78 is 0. The van der Waals surface area contributed by atoms with Crippen LogP contribution in [0.5, 0.6) is 0 Å². The summed E-state index contributed by atoms with van der Waals surface area (Å²) in [6.07, 6.45) is 2.95. The van der Waals surface area contributed by atoms with Crippen molar-refractivity contribution in [1.29, 1.82) is 0 Å². The largest absolute Gasteiger partial charge is 0.515 e. The molecule has 0 aliphatic rings. The Balaban J connectivity index is 2.90. The first kappa shape index (κ1) is 13.5. The van der Waals surface area contributed by atoms with Crippen LogP contribution in [-0.2, 0) is 0 Å². The molecule has 2 N–H and O–H groups in total. The van der Waals surface area contributed by atoms with Gasteiger partial charge in [-0.2, -0.15) is 0 Å². The van der Waals surface area contributed by atoms with Crippen LogP contribution in [0.2, 0.25) is 0 Å². The SMILES string of the molecule is O=Cc1cccc(-c2cccc(=C/O)/c2=C/O)c1C=O. The second kappa shape index (κ2) is 5.84. The van der Waals surface area contributed by atoms with E-state index >= 15 is 0 Å². The van der Waals surface area contributed by atoms with Crippen molar-refractivity contribution >= 4 is 25.1 Å². The number of carbonyl (C=O) groups excluding carboxylic acids is 2. The van der Waals surface area contributed by atoms with Crippen molar-refractivity contribution in [2.24, 2.45) is 0 Å². The molecule has 0 atom stereocenters. The van der Waals surface area contributed by atoms with E-state index in [0.29, 0.717) is 34.1 Å². The quantitative estimate of drug-likeness (QED) is 0.829. The minimum Gasteiger partial charge on any atom is -0.515 e. The highest BCUT2D eigenvalue weighted by Crippen LogP contribution is 2.21. The summed E-state index contributed by atoms with van der Waals surface area (Å²) in [5.74, 6) is 0. The van der Waals surface area contributed by atoms with Crippen LogP contribution < -0.4 is 10.4 Å². The number of hydrogen-bond donors (Lipinski definition) is 2. The summed E-state index contributed by atoms with van der Waals surface area (Å²) in [6, 6.07) is 9.89. The van der Waals surface area contributed by atoms with Crippen molar-refractivity contribution < 1.29 is 19.8 Å². The van der Waals surface area contributed by atoms with Gasteiger partial charge in [0.1, 0.15) is 0 Å². The van der Waals surface area contributed by atoms with E-state index in [0.717, 1.165) is 12.5 Å². The first-order valence-electron chi connectivity index (χ1n) is 5.88. The van der Waals surface area contributed by atoms with Crippen molar-refractivity contribution in [3.8, 4) is 11.1 Å². The number of hydrogen-bond acceptors (Lipinski definition) is 4. The van der Waals surface area contributed by atoms with E-state index in [-0.39, 0.29) is 11.1 Å². The minimum atomic E-state index is 0.251. The van der Waals surface area contributed by atoms with Gasteiger partial charge in [0.05, 0.1) is 12.5 Å². The Morgan fingerprint density at radius 1 is 0.800 bits per heavy atom. The smallest absolute Gasteiger partial charge is 0.151 e. The predicted molar refractivity (Wildman–Crippen MR) is 76.1 cm³/mol. The van der Waals surface area contributed by atoms with Crippen molar-refractivity contribution in [2.45, 2.75) is 0 Å². The minimum absolute atomic E-state index is 0.251. The fourth-order valence-corrected chi connectivity index (χ4v) is 2.13. The number of carbonyl (C=O) groups is 2. The lowest BCUT2D eigenvalue weighted by atomic mass is 9.95. The molecule has 4 nitrogen and oxygen atoms in total. The standard InChI is InChI=1S/C16H12O4/c17-7-11-3-1-5-13(15(11)9-19)14-6-2-4-12(8-18)16(14)10-20/h1-10,17,19H/b11-7-,15-9-. The van der Waals surface area contributed by atoms with Gasteiger partial charge in [-0.15, -0.1) is 0 Å². The first-order valence-corrected chi connectivity index (χ1v) is 5.88. The van der Waals surface area contributed by atoms with E-state index < -0.39 is 0 Å². The van der Waals surface area contributed by atoms with Crippen LogP contribution in [0.25, 0.3) is 23.7 Å². The third-order valence-corrected chi connectivity index (χ3v) is 3.08. The Morgan fingerprint density at radius 3 is 2.10 bits per heavy atom. The normalized spacial score (nSPS) is 12.4. The lowest BCUT2D eigenvalue weighted by molar-refractivity contribution is 0.109. The molecule has 2 aromatic carbocycles. The van der Waals surface area contributed by atoms with Crippen molar-refractivity contribution in [2.75, 3.05) is 0 Å². The highest BCUT2D eigenvalue weighted by molar-refractivity contribution is 5.97. The zero-order valence-corrected chi connectivity index (χ0v) is 10.5. The van der Waals surface area contributed by atoms with E-state index in [1.165, 1.54) is 0 Å². The van der Waals surface area contributed by atoms with E-state index in [4.69, 9.17) is 5.11 Å². The zero-order valence-electron chi connectivity index (χ0n) is 10.5. The van der Waals surface area contributed by atoms with Gasteiger partial charge in [-0.1, -0.05) is 36.4 Å². The number of aliphatic hydroxyl groups excluding tert-OH is 2. The predicted octanol–water partition coefficient (Wildman–Crippen LogP) is 1.57. The first-order chi connectivity index (χ1) is 9.76. The molecule has 0 bridgehead atoms. The van der Waals surface area contributed by atoms with E-state index in [2.05, 4.69) is 0 Å². The van der Waals surface area contributed by atoms with Crippen LogP contribution in [0.4, 0.5) is 0 Å². The molecule has 0 saturated carbocycles. The lowest BCUT2D eigenvalue weighted by Crippen LogP contribution is -2.26. The third-order valence-electron chi connectivity index (χ3n) is 3.08. The summed E-state index contributed by atoms with van der Waals surface area (Å²) in [5.41, 5.74) is 1.61. The molecule has 0 unspecified atom stereocenters. The van der Waals surface area contributed by atoms with Crippen molar-refractivity contribution in [3.63, 3.8) is 0 Å². The maximum atomic E-state index is 11.2. The van der Waals surface area contributed by atoms with Crippen LogP contribution in [0.3, 0.4) is 0 Å². The average Bonchev–Trinajstić information content (AvgIpc) is 2.52. The van der Waals surface area contributed by atoms with Crippen LogP contribution in [0.15, 0.2) is 36.4 Å². The Labute approximate surface area is 114 Å². The molecular weight excluding hydrogens is 256 g/mol. The number of aliphatic hydroxyl groups is 2. The average molecular weight is 268 g/mol. The summed E-state index contributed by atoms with van der Waals surface area (Å²) in [6.45, 7) is 0. The summed E-state index contributed by atoms with van der Waals surface area (Å²) in [4.78, 5) is 22.2. The van der Waals surface area contributed by atoms with Crippen LogP contribution in [-0.4, -0.2) is 22.8 Å². The van der Waals surface area contributed by atoms with Gasteiger partial charge in [0.2, 0.25) is 0 Å². The van der Waals surface area contributed by atoms with E-state index in [1.807, 2.05) is 0 Å². The van der Waals surface area contributed by atoms with Gasteiger partial charge < -0.3 is 10.2 Å². The number of benzene rings is 2. The topological polar surface area (TPSA) is 74.6 Å². The van der Waals surface area contributed by atoms with Gasteiger partial charge in [-0.25, -0.2) is 0 Å². The zero-order chi connectivity index (χ0) is 14.5. The molecule has 0 aliphatic heterocycles. The van der Waals surface area contributed by atoms with Crippen LogP contribution in [0.1, 0.15) is 20.7 Å². The highest BCUT2D eigenvalue weighted by atomic mass is 16.2. The molecule has 2 rings (SSSR count). The molecule has 0 aliphatic carbocycles.